The smallest absolute Gasteiger partial charge is 0.246 e. The Kier molecular flexibility index (Phi) is 5.21. The van der Waals surface area contributed by atoms with Gasteiger partial charge in [0.25, 0.3) is 0 Å². The van der Waals surface area contributed by atoms with Crippen LogP contribution in [0.4, 0.5) is 0 Å². The molecule has 0 atom stereocenters. The standard InChI is InChI=1S/C23H23OSi/c1-17-10-4-7-13-20(17)23(16-24-25,21-14-8-5-11-18(21)2)22-15-9-6-12-19(22)3/h4-15H,16H2,1-3H3. The molecule has 0 bridgehead atoms. The van der Waals surface area contributed by atoms with Gasteiger partial charge in [-0.05, 0) is 54.2 Å². The van der Waals surface area contributed by atoms with Crippen molar-refractivity contribution >= 4 is 10.5 Å². The van der Waals surface area contributed by atoms with Gasteiger partial charge in [0.2, 0.25) is 10.5 Å². The van der Waals surface area contributed by atoms with Crippen molar-refractivity contribution < 1.29 is 4.43 Å². The number of hydrogen-bond donors (Lipinski definition) is 0. The molecule has 0 saturated carbocycles. The molecule has 1 nitrogen and oxygen atoms in total. The van der Waals surface area contributed by atoms with Gasteiger partial charge >= 0.3 is 0 Å². The third-order valence-corrected chi connectivity index (χ3v) is 5.25. The fourth-order valence-corrected chi connectivity index (χ4v) is 4.15. The maximum absolute atomic E-state index is 5.64. The first kappa shape index (κ1) is 17.7. The molecule has 3 rings (SSSR count). The highest BCUT2D eigenvalue weighted by molar-refractivity contribution is 5.98. The van der Waals surface area contributed by atoms with Crippen LogP contribution < -0.4 is 0 Å². The number of rotatable bonds is 5. The van der Waals surface area contributed by atoms with Gasteiger partial charge in [-0.3, -0.25) is 0 Å². The summed E-state index contributed by atoms with van der Waals surface area (Å²) < 4.78 is 5.64. The summed E-state index contributed by atoms with van der Waals surface area (Å²) in [7, 11) is 3.30. The van der Waals surface area contributed by atoms with E-state index < -0.39 is 0 Å². The lowest BCUT2D eigenvalue weighted by Crippen LogP contribution is -2.37. The monoisotopic (exact) mass is 343 g/mol. The number of aryl methyl sites for hydroxylation is 3. The first-order chi connectivity index (χ1) is 12.1. The van der Waals surface area contributed by atoms with Gasteiger partial charge in [-0.2, -0.15) is 0 Å². The van der Waals surface area contributed by atoms with Crippen molar-refractivity contribution in [2.45, 2.75) is 26.2 Å². The molecule has 3 aromatic carbocycles. The third kappa shape index (κ3) is 3.08. The fraction of sp³-hybridized carbons (Fsp3) is 0.217. The van der Waals surface area contributed by atoms with Crippen LogP contribution in [0.2, 0.25) is 0 Å². The van der Waals surface area contributed by atoms with Crippen LogP contribution in [0, 0.1) is 20.8 Å². The van der Waals surface area contributed by atoms with Gasteiger partial charge in [-0.25, -0.2) is 0 Å². The Balaban J connectivity index is 2.44. The molecular weight excluding hydrogens is 320 g/mol. The lowest BCUT2D eigenvalue weighted by atomic mass is 9.66. The van der Waals surface area contributed by atoms with E-state index in [4.69, 9.17) is 4.43 Å². The van der Waals surface area contributed by atoms with Crippen LogP contribution in [-0.4, -0.2) is 17.1 Å². The molecule has 0 aliphatic rings. The van der Waals surface area contributed by atoms with E-state index in [2.05, 4.69) is 104 Å². The second-order valence-electron chi connectivity index (χ2n) is 6.64. The van der Waals surface area contributed by atoms with Crippen LogP contribution in [0.5, 0.6) is 0 Å². The molecule has 3 aromatic rings. The van der Waals surface area contributed by atoms with Crippen LogP contribution >= 0.6 is 0 Å². The van der Waals surface area contributed by atoms with Crippen LogP contribution in [-0.2, 0) is 9.84 Å². The summed E-state index contributed by atoms with van der Waals surface area (Å²) in [5.41, 5.74) is 7.24. The lowest BCUT2D eigenvalue weighted by Gasteiger charge is -2.38. The summed E-state index contributed by atoms with van der Waals surface area (Å²) in [4.78, 5) is 0. The molecule has 25 heavy (non-hydrogen) atoms. The molecule has 0 spiro atoms. The van der Waals surface area contributed by atoms with E-state index in [0.29, 0.717) is 6.61 Å². The van der Waals surface area contributed by atoms with Crippen molar-refractivity contribution in [2.24, 2.45) is 0 Å². The van der Waals surface area contributed by atoms with Gasteiger partial charge in [0.05, 0.1) is 12.0 Å². The molecule has 0 saturated heterocycles. The molecule has 0 heterocycles. The van der Waals surface area contributed by atoms with Gasteiger partial charge in [0, 0.05) is 0 Å². The van der Waals surface area contributed by atoms with E-state index in [9.17, 15) is 0 Å². The highest BCUT2D eigenvalue weighted by Crippen LogP contribution is 2.43. The zero-order valence-electron chi connectivity index (χ0n) is 15.0. The first-order valence-corrected chi connectivity index (χ1v) is 8.99. The fourth-order valence-electron chi connectivity index (χ4n) is 3.93. The van der Waals surface area contributed by atoms with Gasteiger partial charge in [0.1, 0.15) is 0 Å². The number of benzene rings is 3. The Morgan fingerprint density at radius 3 is 1.24 bits per heavy atom. The van der Waals surface area contributed by atoms with Crippen LogP contribution in [0.15, 0.2) is 72.8 Å². The highest BCUT2D eigenvalue weighted by Gasteiger charge is 2.39. The Hall–Kier alpha value is -2.16. The molecule has 125 valence electrons. The molecule has 0 unspecified atom stereocenters. The van der Waals surface area contributed by atoms with E-state index in [1.165, 1.54) is 33.4 Å². The average Bonchev–Trinajstić information content (AvgIpc) is 2.62. The van der Waals surface area contributed by atoms with E-state index >= 15 is 0 Å². The van der Waals surface area contributed by atoms with Crippen molar-refractivity contribution in [1.82, 2.24) is 0 Å². The quantitative estimate of drug-likeness (QED) is 0.465. The maximum atomic E-state index is 5.64. The zero-order valence-corrected chi connectivity index (χ0v) is 16.0. The van der Waals surface area contributed by atoms with Crippen molar-refractivity contribution in [3.8, 4) is 0 Å². The predicted molar refractivity (Wildman–Crippen MR) is 105 cm³/mol. The number of hydrogen-bond acceptors (Lipinski definition) is 1. The summed E-state index contributed by atoms with van der Waals surface area (Å²) in [5, 5.41) is 0. The molecule has 0 fully saturated rings. The van der Waals surface area contributed by atoms with E-state index in [1.54, 1.807) is 0 Å². The topological polar surface area (TPSA) is 9.23 Å². The van der Waals surface area contributed by atoms with Crippen LogP contribution in [0.25, 0.3) is 0 Å². The second kappa shape index (κ2) is 7.38. The molecular formula is C23H23OSi. The second-order valence-corrected chi connectivity index (χ2v) is 6.93. The molecule has 0 N–H and O–H groups in total. The molecule has 0 amide bonds. The summed E-state index contributed by atoms with van der Waals surface area (Å²) in [6, 6.07) is 25.8. The summed E-state index contributed by atoms with van der Waals surface area (Å²) in [5.74, 6) is 0. The summed E-state index contributed by atoms with van der Waals surface area (Å²) in [6.45, 7) is 7.04. The summed E-state index contributed by atoms with van der Waals surface area (Å²) >= 11 is 0. The van der Waals surface area contributed by atoms with Crippen LogP contribution in [0.3, 0.4) is 0 Å². The van der Waals surface area contributed by atoms with Gasteiger partial charge in [-0.15, -0.1) is 0 Å². The Bertz CT molecular complexity index is 758. The lowest BCUT2D eigenvalue weighted by molar-refractivity contribution is 0.287. The zero-order chi connectivity index (χ0) is 17.9. The Morgan fingerprint density at radius 2 is 0.960 bits per heavy atom. The van der Waals surface area contributed by atoms with Gasteiger partial charge in [0.15, 0.2) is 0 Å². The minimum atomic E-state index is -0.371. The van der Waals surface area contributed by atoms with E-state index in [0.717, 1.165) is 0 Å². The molecule has 2 heteroatoms. The normalized spacial score (nSPS) is 11.5. The minimum Gasteiger partial charge on any atom is -0.417 e. The van der Waals surface area contributed by atoms with Crippen molar-refractivity contribution in [3.05, 3.63) is 106 Å². The predicted octanol–water partition coefficient (Wildman–Crippen LogP) is 5.05. The van der Waals surface area contributed by atoms with E-state index in [1.807, 2.05) is 0 Å². The highest BCUT2D eigenvalue weighted by atomic mass is 28.2. The molecule has 0 aromatic heterocycles. The van der Waals surface area contributed by atoms with Crippen LogP contribution in [0.1, 0.15) is 33.4 Å². The Morgan fingerprint density at radius 1 is 0.640 bits per heavy atom. The van der Waals surface area contributed by atoms with Gasteiger partial charge < -0.3 is 4.43 Å². The maximum Gasteiger partial charge on any atom is 0.246 e. The largest absolute Gasteiger partial charge is 0.417 e. The summed E-state index contributed by atoms with van der Waals surface area (Å²) in [6.07, 6.45) is 0. The minimum absolute atomic E-state index is 0.371. The molecule has 0 aliphatic carbocycles. The SMILES string of the molecule is Cc1ccccc1C(CO[Si])(c1ccccc1C)c1ccccc1C. The van der Waals surface area contributed by atoms with Crippen molar-refractivity contribution in [2.75, 3.05) is 6.61 Å². The molecule has 3 radical (unpaired) electrons. The average molecular weight is 344 g/mol. The first-order valence-electron chi connectivity index (χ1n) is 8.58. The van der Waals surface area contributed by atoms with E-state index in [-0.39, 0.29) is 5.41 Å². The van der Waals surface area contributed by atoms with Crippen molar-refractivity contribution in [3.63, 3.8) is 0 Å². The van der Waals surface area contributed by atoms with Gasteiger partial charge in [-0.1, -0.05) is 72.8 Å². The molecule has 0 aliphatic heterocycles. The third-order valence-electron chi connectivity index (χ3n) is 5.10. The Labute approximate surface area is 154 Å². The van der Waals surface area contributed by atoms with Crippen molar-refractivity contribution in [1.29, 1.82) is 0 Å².